The summed E-state index contributed by atoms with van der Waals surface area (Å²) in [5, 5.41) is 10.9. The van der Waals surface area contributed by atoms with E-state index in [2.05, 4.69) is 0 Å². The van der Waals surface area contributed by atoms with E-state index in [0.717, 1.165) is 11.1 Å². The molecule has 100 valence electrons. The number of hydrogen-bond acceptors (Lipinski definition) is 1. The van der Waals surface area contributed by atoms with Crippen molar-refractivity contribution < 1.29 is 9.50 Å². The molecule has 1 nitrogen and oxygen atoms in total. The molecule has 0 heterocycles. The second kappa shape index (κ2) is 5.72. The van der Waals surface area contributed by atoms with Crippen molar-refractivity contribution in [3.05, 3.63) is 69.5 Å². The minimum absolute atomic E-state index is 0.214. The Morgan fingerprint density at radius 2 is 1.74 bits per heavy atom. The summed E-state index contributed by atoms with van der Waals surface area (Å²) in [6.07, 6.45) is -0.262. The van der Waals surface area contributed by atoms with E-state index in [4.69, 9.17) is 11.6 Å². The summed E-state index contributed by atoms with van der Waals surface area (Å²) in [7, 11) is 0. The first kappa shape index (κ1) is 14.0. The number of benzene rings is 2. The molecule has 19 heavy (non-hydrogen) atoms. The third kappa shape index (κ3) is 3.14. The molecule has 0 spiro atoms. The van der Waals surface area contributed by atoms with Gasteiger partial charge in [-0.1, -0.05) is 41.9 Å². The summed E-state index contributed by atoms with van der Waals surface area (Å²) in [5.41, 5.74) is 2.70. The molecule has 2 rings (SSSR count). The zero-order valence-corrected chi connectivity index (χ0v) is 11.7. The molecule has 0 aliphatic rings. The second-order valence-electron chi connectivity index (χ2n) is 4.78. The Morgan fingerprint density at radius 3 is 2.32 bits per heavy atom. The number of halogens is 2. The van der Waals surface area contributed by atoms with Crippen LogP contribution in [-0.4, -0.2) is 5.11 Å². The fraction of sp³-hybridized carbons (Fsp3) is 0.250. The van der Waals surface area contributed by atoms with E-state index >= 15 is 0 Å². The third-order valence-corrected chi connectivity index (χ3v) is 3.58. The van der Waals surface area contributed by atoms with Crippen LogP contribution in [0.1, 0.15) is 28.4 Å². The number of hydrogen-bond donors (Lipinski definition) is 1. The molecule has 0 fully saturated rings. The van der Waals surface area contributed by atoms with Crippen molar-refractivity contribution in [1.29, 1.82) is 0 Å². The standard InChI is InChI=1S/C16H16ClFO/c1-10-7-13(8-11(2)16(10)18)15(19)9-12-5-3-4-6-14(12)17/h3-8,15,19H,9H2,1-2H3. The summed E-state index contributed by atoms with van der Waals surface area (Å²) < 4.78 is 13.6. The van der Waals surface area contributed by atoms with E-state index in [1.807, 2.05) is 18.2 Å². The van der Waals surface area contributed by atoms with Gasteiger partial charge in [0.25, 0.3) is 0 Å². The quantitative estimate of drug-likeness (QED) is 0.884. The van der Waals surface area contributed by atoms with Crippen LogP contribution in [0.15, 0.2) is 36.4 Å². The monoisotopic (exact) mass is 278 g/mol. The van der Waals surface area contributed by atoms with Crippen molar-refractivity contribution in [2.75, 3.05) is 0 Å². The maximum atomic E-state index is 13.6. The van der Waals surface area contributed by atoms with E-state index in [1.54, 1.807) is 32.0 Å². The Morgan fingerprint density at radius 1 is 1.16 bits per heavy atom. The smallest absolute Gasteiger partial charge is 0.129 e. The average Bonchev–Trinajstić information content (AvgIpc) is 2.38. The van der Waals surface area contributed by atoms with Gasteiger partial charge in [0.15, 0.2) is 0 Å². The van der Waals surface area contributed by atoms with E-state index in [0.29, 0.717) is 22.6 Å². The molecule has 0 amide bonds. The Kier molecular flexibility index (Phi) is 4.23. The molecular formula is C16H16ClFO. The first-order valence-corrected chi connectivity index (χ1v) is 6.55. The molecule has 0 bridgehead atoms. The van der Waals surface area contributed by atoms with Crippen LogP contribution in [0.3, 0.4) is 0 Å². The van der Waals surface area contributed by atoms with Crippen LogP contribution >= 0.6 is 11.6 Å². The van der Waals surface area contributed by atoms with Gasteiger partial charge in [-0.05, 0) is 42.2 Å². The van der Waals surface area contributed by atoms with Crippen molar-refractivity contribution in [2.45, 2.75) is 26.4 Å². The predicted molar refractivity (Wildman–Crippen MR) is 76.0 cm³/mol. The van der Waals surface area contributed by atoms with Crippen molar-refractivity contribution in [2.24, 2.45) is 0 Å². The van der Waals surface area contributed by atoms with Crippen molar-refractivity contribution >= 4 is 11.6 Å². The molecule has 1 N–H and O–H groups in total. The van der Waals surface area contributed by atoms with Gasteiger partial charge in [0.05, 0.1) is 6.10 Å². The van der Waals surface area contributed by atoms with Crippen LogP contribution in [0.4, 0.5) is 4.39 Å². The molecule has 0 aromatic heterocycles. The molecule has 0 aliphatic heterocycles. The van der Waals surface area contributed by atoms with Gasteiger partial charge in [0, 0.05) is 11.4 Å². The summed E-state index contributed by atoms with van der Waals surface area (Å²) in [5.74, 6) is -0.214. The van der Waals surface area contributed by atoms with Gasteiger partial charge in [-0.25, -0.2) is 4.39 Å². The molecule has 2 aromatic carbocycles. The normalized spacial score (nSPS) is 12.5. The number of rotatable bonds is 3. The van der Waals surface area contributed by atoms with Crippen LogP contribution in [-0.2, 0) is 6.42 Å². The lowest BCUT2D eigenvalue weighted by Gasteiger charge is -2.14. The summed E-state index contributed by atoms with van der Waals surface area (Å²) in [4.78, 5) is 0. The molecule has 0 saturated carbocycles. The SMILES string of the molecule is Cc1cc(C(O)Cc2ccccc2Cl)cc(C)c1F. The zero-order valence-electron chi connectivity index (χ0n) is 11.0. The molecule has 0 aliphatic carbocycles. The van der Waals surface area contributed by atoms with Crippen LogP contribution in [0.2, 0.25) is 5.02 Å². The van der Waals surface area contributed by atoms with E-state index in [9.17, 15) is 9.50 Å². The largest absolute Gasteiger partial charge is 0.388 e. The minimum atomic E-state index is -0.683. The molecule has 1 atom stereocenters. The summed E-state index contributed by atoms with van der Waals surface area (Å²) in [6.45, 7) is 3.40. The molecule has 3 heteroatoms. The topological polar surface area (TPSA) is 20.2 Å². The highest BCUT2D eigenvalue weighted by molar-refractivity contribution is 6.31. The van der Waals surface area contributed by atoms with Gasteiger partial charge in [-0.3, -0.25) is 0 Å². The highest BCUT2D eigenvalue weighted by Gasteiger charge is 2.13. The highest BCUT2D eigenvalue weighted by atomic mass is 35.5. The fourth-order valence-electron chi connectivity index (χ4n) is 2.16. The molecule has 0 radical (unpaired) electrons. The van der Waals surface area contributed by atoms with Crippen molar-refractivity contribution in [3.63, 3.8) is 0 Å². The van der Waals surface area contributed by atoms with Gasteiger partial charge in [-0.15, -0.1) is 0 Å². The molecule has 2 aromatic rings. The van der Waals surface area contributed by atoms with Crippen LogP contribution < -0.4 is 0 Å². The van der Waals surface area contributed by atoms with Gasteiger partial charge >= 0.3 is 0 Å². The second-order valence-corrected chi connectivity index (χ2v) is 5.19. The Balaban J connectivity index is 2.26. The van der Waals surface area contributed by atoms with E-state index in [-0.39, 0.29) is 5.82 Å². The number of aliphatic hydroxyl groups excluding tert-OH is 1. The van der Waals surface area contributed by atoms with Gasteiger partial charge < -0.3 is 5.11 Å². The van der Waals surface area contributed by atoms with Crippen LogP contribution in [0.5, 0.6) is 0 Å². The van der Waals surface area contributed by atoms with E-state index < -0.39 is 6.10 Å². The first-order chi connectivity index (χ1) is 8.99. The molecule has 1 unspecified atom stereocenters. The van der Waals surface area contributed by atoms with Crippen LogP contribution in [0.25, 0.3) is 0 Å². The molecular weight excluding hydrogens is 263 g/mol. The highest BCUT2D eigenvalue weighted by Crippen LogP contribution is 2.25. The average molecular weight is 279 g/mol. The lowest BCUT2D eigenvalue weighted by molar-refractivity contribution is 0.178. The lowest BCUT2D eigenvalue weighted by Crippen LogP contribution is -2.04. The van der Waals surface area contributed by atoms with Gasteiger partial charge in [0.1, 0.15) is 5.82 Å². The number of aryl methyl sites for hydroxylation is 2. The first-order valence-electron chi connectivity index (χ1n) is 6.17. The van der Waals surface area contributed by atoms with Gasteiger partial charge in [-0.2, -0.15) is 0 Å². The van der Waals surface area contributed by atoms with Crippen molar-refractivity contribution in [1.82, 2.24) is 0 Å². The fourth-order valence-corrected chi connectivity index (χ4v) is 2.37. The van der Waals surface area contributed by atoms with Crippen LogP contribution in [0, 0.1) is 19.7 Å². The maximum Gasteiger partial charge on any atom is 0.129 e. The maximum absolute atomic E-state index is 13.6. The zero-order chi connectivity index (χ0) is 14.0. The Bertz CT molecular complexity index is 572. The molecule has 0 saturated heterocycles. The summed E-state index contributed by atoms with van der Waals surface area (Å²) in [6, 6.07) is 10.8. The lowest BCUT2D eigenvalue weighted by atomic mass is 9.98. The van der Waals surface area contributed by atoms with E-state index in [1.165, 1.54) is 0 Å². The van der Waals surface area contributed by atoms with Gasteiger partial charge in [0.2, 0.25) is 0 Å². The third-order valence-electron chi connectivity index (χ3n) is 3.21. The van der Waals surface area contributed by atoms with Crippen molar-refractivity contribution in [3.8, 4) is 0 Å². The Hall–Kier alpha value is -1.38. The number of aliphatic hydroxyl groups is 1. The minimum Gasteiger partial charge on any atom is -0.388 e. The summed E-state index contributed by atoms with van der Waals surface area (Å²) >= 11 is 6.07. The Labute approximate surface area is 117 Å². The predicted octanol–water partition coefficient (Wildman–Crippen LogP) is 4.37.